The van der Waals surface area contributed by atoms with Gasteiger partial charge in [0.15, 0.2) is 10.1 Å². The maximum atomic E-state index is 10.4. The maximum Gasteiger partial charge on any atom is 0.207 e. The first-order valence-corrected chi connectivity index (χ1v) is 3.74. The molecule has 11 nitrogen and oxygen atoms in total. The minimum Gasteiger partial charge on any atom is -0.235 e. The van der Waals surface area contributed by atoms with Gasteiger partial charge in [-0.25, -0.2) is 20.2 Å². The van der Waals surface area contributed by atoms with E-state index in [2.05, 4.69) is 10.0 Å². The van der Waals surface area contributed by atoms with E-state index in [0.29, 0.717) is 10.0 Å². The van der Waals surface area contributed by atoms with Crippen LogP contribution in [0.15, 0.2) is 5.11 Å². The van der Waals surface area contributed by atoms with Crippen molar-refractivity contribution in [2.45, 2.75) is 0 Å². The lowest BCUT2D eigenvalue weighted by Gasteiger charge is -2.15. The molecule has 0 aromatic carbocycles. The summed E-state index contributed by atoms with van der Waals surface area (Å²) in [4.78, 5) is 23.0. The third kappa shape index (κ3) is 5.10. The van der Waals surface area contributed by atoms with Crippen LogP contribution in [0.3, 0.4) is 0 Å². The zero-order chi connectivity index (χ0) is 11.8. The summed E-state index contributed by atoms with van der Waals surface area (Å²) in [5.74, 6) is 0. The molecule has 15 heavy (non-hydrogen) atoms. The Morgan fingerprint density at radius 3 is 2.40 bits per heavy atom. The van der Waals surface area contributed by atoms with Crippen molar-refractivity contribution in [2.24, 2.45) is 5.11 Å². The Bertz CT molecular complexity index is 287. The molecule has 84 valence electrons. The van der Waals surface area contributed by atoms with Gasteiger partial charge in [-0.2, -0.15) is 0 Å². The molecule has 0 aromatic heterocycles. The van der Waals surface area contributed by atoms with E-state index in [-0.39, 0.29) is 13.1 Å². The van der Waals surface area contributed by atoms with Gasteiger partial charge in [0.1, 0.15) is 0 Å². The average molecular weight is 219 g/mol. The van der Waals surface area contributed by atoms with Crippen molar-refractivity contribution in [2.75, 3.05) is 26.8 Å². The first-order valence-electron chi connectivity index (χ1n) is 3.74. The lowest BCUT2D eigenvalue weighted by atomic mass is 10.6. The Morgan fingerprint density at radius 2 is 2.00 bits per heavy atom. The molecule has 0 bridgehead atoms. The first-order chi connectivity index (χ1) is 6.99. The highest BCUT2D eigenvalue weighted by Gasteiger charge is 2.20. The predicted octanol–water partition coefficient (Wildman–Crippen LogP) is -0.129. The van der Waals surface area contributed by atoms with Crippen molar-refractivity contribution in [1.29, 1.82) is 0 Å². The molecule has 0 unspecified atom stereocenters. The highest BCUT2D eigenvalue weighted by molar-refractivity contribution is 4.49. The van der Waals surface area contributed by atoms with Crippen LogP contribution >= 0.6 is 0 Å². The van der Waals surface area contributed by atoms with Gasteiger partial charge in [-0.3, -0.25) is 0 Å². The monoisotopic (exact) mass is 219 g/mol. The number of azide groups is 1. The fourth-order valence-electron chi connectivity index (χ4n) is 0.697. The van der Waals surface area contributed by atoms with Crippen molar-refractivity contribution in [3.8, 4) is 0 Å². The van der Waals surface area contributed by atoms with Crippen molar-refractivity contribution < 1.29 is 10.1 Å². The van der Waals surface area contributed by atoms with E-state index in [1.807, 2.05) is 0 Å². The minimum atomic E-state index is -0.785. The van der Waals surface area contributed by atoms with Crippen molar-refractivity contribution in [3.63, 3.8) is 0 Å². The smallest absolute Gasteiger partial charge is 0.207 e. The van der Waals surface area contributed by atoms with Gasteiger partial charge in [0.25, 0.3) is 0 Å². The average Bonchev–Trinajstić information content (AvgIpc) is 2.15. The largest absolute Gasteiger partial charge is 0.235 e. The van der Waals surface area contributed by atoms with Crippen LogP contribution in [0.4, 0.5) is 0 Å². The Morgan fingerprint density at radius 1 is 1.40 bits per heavy atom. The molecule has 0 aliphatic heterocycles. The summed E-state index contributed by atoms with van der Waals surface area (Å²) < 4.78 is 0. The summed E-state index contributed by atoms with van der Waals surface area (Å²) in [5, 5.41) is 23.3. The molecule has 0 atom stereocenters. The fraction of sp³-hybridized carbons (Fsp3) is 1.00. The van der Waals surface area contributed by atoms with E-state index in [1.165, 1.54) is 0 Å². The number of hydrazine groups is 2. The number of rotatable bonds is 7. The normalized spacial score (nSPS) is 8.87. The van der Waals surface area contributed by atoms with Gasteiger partial charge in [0.05, 0.1) is 13.6 Å². The summed E-state index contributed by atoms with van der Waals surface area (Å²) in [7, 11) is 1.10. The fourth-order valence-corrected chi connectivity index (χ4v) is 0.697. The number of nitro groups is 2. The molecular weight excluding hydrogens is 210 g/mol. The Hall–Kier alpha value is -2.29. The van der Waals surface area contributed by atoms with Crippen LogP contribution in [-0.2, 0) is 0 Å². The summed E-state index contributed by atoms with van der Waals surface area (Å²) in [6.45, 7) is -0.792. The van der Waals surface area contributed by atoms with Gasteiger partial charge in [-0.05, 0) is 5.53 Å². The van der Waals surface area contributed by atoms with Crippen LogP contribution in [0.2, 0.25) is 0 Å². The number of nitrogens with zero attached hydrogens (tertiary/aromatic N) is 7. The second-order valence-corrected chi connectivity index (χ2v) is 2.46. The van der Waals surface area contributed by atoms with Crippen LogP contribution in [0.25, 0.3) is 10.4 Å². The Balaban J connectivity index is 4.21. The highest BCUT2D eigenvalue weighted by Crippen LogP contribution is 1.93. The third-order valence-corrected chi connectivity index (χ3v) is 1.40. The van der Waals surface area contributed by atoms with E-state index >= 15 is 0 Å². The van der Waals surface area contributed by atoms with Crippen molar-refractivity contribution in [3.05, 3.63) is 30.7 Å². The van der Waals surface area contributed by atoms with Crippen molar-refractivity contribution in [1.82, 2.24) is 10.0 Å². The third-order valence-electron chi connectivity index (χ3n) is 1.40. The van der Waals surface area contributed by atoms with Crippen LogP contribution in [-0.4, -0.2) is 46.9 Å². The second-order valence-electron chi connectivity index (χ2n) is 2.46. The van der Waals surface area contributed by atoms with Crippen LogP contribution in [0.1, 0.15) is 0 Å². The van der Waals surface area contributed by atoms with Gasteiger partial charge >= 0.3 is 0 Å². The zero-order valence-electron chi connectivity index (χ0n) is 7.88. The van der Waals surface area contributed by atoms with Gasteiger partial charge in [-0.1, -0.05) is 5.11 Å². The van der Waals surface area contributed by atoms with Gasteiger partial charge in [0, 0.05) is 11.5 Å². The molecule has 0 saturated carbocycles. The molecule has 0 saturated heterocycles. The number of hydrogen-bond acceptors (Lipinski definition) is 5. The summed E-state index contributed by atoms with van der Waals surface area (Å²) in [6, 6.07) is 0. The van der Waals surface area contributed by atoms with Gasteiger partial charge in [-0.15, -0.1) is 10.0 Å². The van der Waals surface area contributed by atoms with Crippen LogP contribution in [0, 0.1) is 20.2 Å². The minimum absolute atomic E-state index is 0.122. The molecule has 0 aliphatic carbocycles. The van der Waals surface area contributed by atoms with Crippen LogP contribution < -0.4 is 0 Å². The first kappa shape index (κ1) is 12.7. The Labute approximate surface area is 83.7 Å². The lowest BCUT2D eigenvalue weighted by Crippen LogP contribution is -2.43. The highest BCUT2D eigenvalue weighted by atomic mass is 16.7. The Kier molecular flexibility index (Phi) is 5.26. The summed E-state index contributed by atoms with van der Waals surface area (Å²) in [5.41, 5.74) is 7.94. The topological polar surface area (TPSA) is 142 Å². The molecule has 0 aromatic rings. The quantitative estimate of drug-likeness (QED) is 0.146. The molecule has 11 heteroatoms. The summed E-state index contributed by atoms with van der Waals surface area (Å²) in [6.07, 6.45) is 0. The van der Waals surface area contributed by atoms with E-state index in [9.17, 15) is 20.2 Å². The predicted molar refractivity (Wildman–Crippen MR) is 47.3 cm³/mol. The molecular formula is C4H9N7O4. The standard InChI is InChI=1S/C4H9N7O4/c1-8(10(12)13)4-9(11(14)15)3-2-6-7-5/h2-4H2,1H3. The van der Waals surface area contributed by atoms with Gasteiger partial charge in [0.2, 0.25) is 6.67 Å². The van der Waals surface area contributed by atoms with E-state index in [4.69, 9.17) is 5.53 Å². The van der Waals surface area contributed by atoms with Gasteiger partial charge < -0.3 is 0 Å². The van der Waals surface area contributed by atoms with E-state index in [1.54, 1.807) is 0 Å². The molecule has 0 aliphatic rings. The maximum absolute atomic E-state index is 10.4. The zero-order valence-corrected chi connectivity index (χ0v) is 7.88. The van der Waals surface area contributed by atoms with Crippen LogP contribution in [0.5, 0.6) is 0 Å². The lowest BCUT2D eigenvalue weighted by molar-refractivity contribution is -0.707. The molecule has 0 rings (SSSR count). The molecule has 0 spiro atoms. The van der Waals surface area contributed by atoms with Crippen molar-refractivity contribution >= 4 is 0 Å². The second kappa shape index (κ2) is 6.21. The SMILES string of the molecule is CN(CN(CCN=[N+]=[N-])[N+](=O)[O-])[N+](=O)[O-]. The number of hydrogen-bond donors (Lipinski definition) is 0. The molecule has 0 radical (unpaired) electrons. The van der Waals surface area contributed by atoms with E-state index < -0.39 is 16.7 Å². The molecule has 0 heterocycles. The summed E-state index contributed by atoms with van der Waals surface area (Å²) >= 11 is 0. The molecule has 0 fully saturated rings. The molecule has 0 amide bonds. The molecule has 0 N–H and O–H groups in total. The van der Waals surface area contributed by atoms with E-state index in [0.717, 1.165) is 7.05 Å².